The second kappa shape index (κ2) is 12.0. The molecule has 2 N–H and O–H groups in total. The Morgan fingerprint density at radius 1 is 0.875 bits per heavy atom. The molecule has 3 aromatic carbocycles. The fraction of sp³-hybridized carbons (Fsp3) is 0.258. The van der Waals surface area contributed by atoms with Gasteiger partial charge in [-0.15, -0.1) is 0 Å². The van der Waals surface area contributed by atoms with Gasteiger partial charge in [-0.1, -0.05) is 18.2 Å². The molecule has 0 unspecified atom stereocenters. The lowest BCUT2D eigenvalue weighted by molar-refractivity contribution is 0.102. The Labute approximate surface area is 234 Å². The summed E-state index contributed by atoms with van der Waals surface area (Å²) in [5.41, 5.74) is 4.91. The molecule has 1 amide bonds. The van der Waals surface area contributed by atoms with E-state index < -0.39 is 0 Å². The van der Waals surface area contributed by atoms with Gasteiger partial charge in [-0.3, -0.25) is 4.79 Å². The molecule has 1 aliphatic heterocycles. The van der Waals surface area contributed by atoms with Crippen LogP contribution < -0.4 is 25.0 Å². The predicted octanol–water partition coefficient (Wildman–Crippen LogP) is 5.64. The zero-order valence-corrected chi connectivity index (χ0v) is 23.3. The monoisotopic (exact) mass is 538 g/mol. The number of nitrogens with zero attached hydrogens (tertiary/aromatic N) is 4. The van der Waals surface area contributed by atoms with Gasteiger partial charge in [0.25, 0.3) is 5.91 Å². The van der Waals surface area contributed by atoms with E-state index in [4.69, 9.17) is 9.47 Å². The molecule has 206 valence electrons. The first-order valence-electron chi connectivity index (χ1n) is 13.3. The molecule has 5 rings (SSSR count). The zero-order valence-electron chi connectivity index (χ0n) is 23.3. The van der Waals surface area contributed by atoms with Crippen molar-refractivity contribution >= 4 is 28.9 Å². The largest absolute Gasteiger partial charge is 0.497 e. The van der Waals surface area contributed by atoms with E-state index in [0.29, 0.717) is 17.4 Å². The summed E-state index contributed by atoms with van der Waals surface area (Å²) in [6.45, 7) is 8.02. The van der Waals surface area contributed by atoms with Gasteiger partial charge in [-0.2, -0.15) is 4.98 Å². The van der Waals surface area contributed by atoms with Crippen LogP contribution in [0.1, 0.15) is 21.5 Å². The molecule has 1 fully saturated rings. The summed E-state index contributed by atoms with van der Waals surface area (Å²) in [5, 5.41) is 6.24. The average Bonchev–Trinajstić information content (AvgIpc) is 2.96. The van der Waals surface area contributed by atoms with Crippen LogP contribution in [-0.4, -0.2) is 61.1 Å². The highest BCUT2D eigenvalue weighted by Crippen LogP contribution is 2.29. The number of hydrogen-bond donors (Lipinski definition) is 2. The Bertz CT molecular complexity index is 1450. The van der Waals surface area contributed by atoms with E-state index in [1.807, 2.05) is 44.2 Å². The molecule has 0 atom stereocenters. The Morgan fingerprint density at radius 3 is 2.17 bits per heavy atom. The minimum atomic E-state index is -0.357. The Hall–Kier alpha value is -4.63. The van der Waals surface area contributed by atoms with Gasteiger partial charge in [-0.25, -0.2) is 4.98 Å². The third-order valence-corrected chi connectivity index (χ3v) is 6.98. The number of ether oxygens (including phenoxy) is 2. The van der Waals surface area contributed by atoms with Gasteiger partial charge in [0.15, 0.2) is 0 Å². The minimum absolute atomic E-state index is 0.139. The van der Waals surface area contributed by atoms with E-state index in [9.17, 15) is 4.79 Å². The number of nitrogens with one attached hydrogen (secondary N) is 2. The summed E-state index contributed by atoms with van der Waals surface area (Å²) in [4.78, 5) is 27.1. The molecule has 1 aromatic heterocycles. The summed E-state index contributed by atoms with van der Waals surface area (Å²) in [6.07, 6.45) is 1.48. The number of benzene rings is 3. The van der Waals surface area contributed by atoms with Crippen molar-refractivity contribution in [1.82, 2.24) is 14.9 Å². The maximum Gasteiger partial charge on any atom is 0.262 e. The summed E-state index contributed by atoms with van der Waals surface area (Å²) in [7, 11) is 3.75. The fourth-order valence-electron chi connectivity index (χ4n) is 4.56. The standard InChI is InChI=1S/C31H34N6O3/c1-21-6-5-7-22(2)28(21)34-29(38)27-20-32-31(35-30(27)40-26-14-12-25(39-4)13-15-26)33-23-8-10-24(11-9-23)37-18-16-36(3)17-19-37/h5-15,20H,16-19H2,1-4H3,(H,34,38)(H,32,33,35). The summed E-state index contributed by atoms with van der Waals surface area (Å²) in [6, 6.07) is 21.2. The second-order valence-corrected chi connectivity index (χ2v) is 9.87. The molecule has 0 saturated carbocycles. The van der Waals surface area contributed by atoms with Gasteiger partial charge < -0.3 is 29.9 Å². The molecule has 1 aliphatic rings. The summed E-state index contributed by atoms with van der Waals surface area (Å²) >= 11 is 0. The molecule has 9 heteroatoms. The first kappa shape index (κ1) is 27.0. The molecular formula is C31H34N6O3. The van der Waals surface area contributed by atoms with E-state index in [2.05, 4.69) is 49.6 Å². The number of methoxy groups -OCH3 is 1. The Kier molecular flexibility index (Phi) is 8.12. The Balaban J connectivity index is 1.39. The lowest BCUT2D eigenvalue weighted by atomic mass is 10.1. The second-order valence-electron chi connectivity index (χ2n) is 9.87. The van der Waals surface area contributed by atoms with Crippen LogP contribution in [-0.2, 0) is 0 Å². The van der Waals surface area contributed by atoms with Gasteiger partial charge >= 0.3 is 0 Å². The van der Waals surface area contributed by atoms with Crippen molar-refractivity contribution in [1.29, 1.82) is 0 Å². The molecule has 0 spiro atoms. The number of carbonyl (C=O) groups excluding carboxylic acids is 1. The SMILES string of the molecule is COc1ccc(Oc2nc(Nc3ccc(N4CCN(C)CC4)cc3)ncc2C(=O)Nc2c(C)cccc2C)cc1. The fourth-order valence-corrected chi connectivity index (χ4v) is 4.56. The van der Waals surface area contributed by atoms with Crippen LogP contribution in [0.15, 0.2) is 72.9 Å². The number of amides is 1. The van der Waals surface area contributed by atoms with Gasteiger partial charge in [0.05, 0.1) is 7.11 Å². The number of anilines is 4. The zero-order chi connectivity index (χ0) is 28.1. The van der Waals surface area contributed by atoms with E-state index in [0.717, 1.165) is 48.7 Å². The van der Waals surface area contributed by atoms with Crippen LogP contribution in [0.3, 0.4) is 0 Å². The molecule has 0 radical (unpaired) electrons. The van der Waals surface area contributed by atoms with Crippen molar-refractivity contribution in [2.24, 2.45) is 0 Å². The lowest BCUT2D eigenvalue weighted by Crippen LogP contribution is -2.44. The van der Waals surface area contributed by atoms with Crippen molar-refractivity contribution in [2.45, 2.75) is 13.8 Å². The van der Waals surface area contributed by atoms with Crippen LogP contribution in [0.25, 0.3) is 0 Å². The number of rotatable bonds is 8. The Morgan fingerprint density at radius 2 is 1.52 bits per heavy atom. The van der Waals surface area contributed by atoms with Gasteiger partial charge in [0, 0.05) is 49.4 Å². The van der Waals surface area contributed by atoms with E-state index >= 15 is 0 Å². The molecule has 0 aliphatic carbocycles. The highest BCUT2D eigenvalue weighted by molar-refractivity contribution is 6.06. The molecule has 4 aromatic rings. The quantitative estimate of drug-likeness (QED) is 0.298. The number of piperazine rings is 1. The third kappa shape index (κ3) is 6.32. The van der Waals surface area contributed by atoms with Crippen molar-refractivity contribution in [3.05, 3.63) is 89.6 Å². The molecule has 0 bridgehead atoms. The first-order chi connectivity index (χ1) is 19.4. The van der Waals surface area contributed by atoms with Crippen LogP contribution in [0.5, 0.6) is 17.4 Å². The van der Waals surface area contributed by atoms with Crippen LogP contribution in [0.2, 0.25) is 0 Å². The summed E-state index contributed by atoms with van der Waals surface area (Å²) in [5.74, 6) is 1.32. The molecule has 9 nitrogen and oxygen atoms in total. The molecule has 1 saturated heterocycles. The normalized spacial score (nSPS) is 13.6. The predicted molar refractivity (Wildman–Crippen MR) is 158 cm³/mol. The van der Waals surface area contributed by atoms with Gasteiger partial charge in [-0.05, 0) is 80.6 Å². The topological polar surface area (TPSA) is 91.9 Å². The van der Waals surface area contributed by atoms with Crippen LogP contribution in [0, 0.1) is 13.8 Å². The van der Waals surface area contributed by atoms with Crippen molar-refractivity contribution in [3.8, 4) is 17.4 Å². The highest BCUT2D eigenvalue weighted by Gasteiger charge is 2.19. The summed E-state index contributed by atoms with van der Waals surface area (Å²) < 4.78 is 11.3. The lowest BCUT2D eigenvalue weighted by Gasteiger charge is -2.34. The highest BCUT2D eigenvalue weighted by atomic mass is 16.5. The van der Waals surface area contributed by atoms with Gasteiger partial charge in [0.2, 0.25) is 11.8 Å². The maximum absolute atomic E-state index is 13.4. The first-order valence-corrected chi connectivity index (χ1v) is 13.3. The van der Waals surface area contributed by atoms with Crippen LogP contribution >= 0.6 is 0 Å². The van der Waals surface area contributed by atoms with E-state index in [1.165, 1.54) is 11.9 Å². The maximum atomic E-state index is 13.4. The van der Waals surface area contributed by atoms with Crippen molar-refractivity contribution < 1.29 is 14.3 Å². The molecular weight excluding hydrogens is 504 g/mol. The van der Waals surface area contributed by atoms with Crippen LogP contribution in [0.4, 0.5) is 23.0 Å². The van der Waals surface area contributed by atoms with E-state index in [1.54, 1.807) is 31.4 Å². The van der Waals surface area contributed by atoms with Gasteiger partial charge in [0.1, 0.15) is 17.1 Å². The number of carbonyl (C=O) groups is 1. The molecule has 2 heterocycles. The number of aromatic nitrogens is 2. The molecule has 40 heavy (non-hydrogen) atoms. The third-order valence-electron chi connectivity index (χ3n) is 6.98. The van der Waals surface area contributed by atoms with E-state index in [-0.39, 0.29) is 17.4 Å². The number of aryl methyl sites for hydroxylation is 2. The minimum Gasteiger partial charge on any atom is -0.497 e. The van der Waals surface area contributed by atoms with Crippen molar-refractivity contribution in [2.75, 3.05) is 55.9 Å². The van der Waals surface area contributed by atoms with Crippen molar-refractivity contribution in [3.63, 3.8) is 0 Å². The number of para-hydroxylation sites is 1. The average molecular weight is 539 g/mol. The number of likely N-dealkylation sites (N-methyl/N-ethyl adjacent to an activating group) is 1. The number of hydrogen-bond acceptors (Lipinski definition) is 8. The smallest absolute Gasteiger partial charge is 0.262 e.